The summed E-state index contributed by atoms with van der Waals surface area (Å²) in [7, 11) is 0. The number of amides is 1. The zero-order valence-corrected chi connectivity index (χ0v) is 11.0. The Morgan fingerprint density at radius 2 is 2.05 bits per heavy atom. The highest BCUT2D eigenvalue weighted by Crippen LogP contribution is 2.27. The SMILES string of the molecule is CC(C)c1ccc(C2CN(CC(=O)O)C(=O)O2)cc1. The monoisotopic (exact) mass is 263 g/mol. The number of hydrogen-bond acceptors (Lipinski definition) is 3. The molecule has 1 saturated heterocycles. The Bertz CT molecular complexity index is 481. The molecule has 5 nitrogen and oxygen atoms in total. The number of ether oxygens (including phenoxy) is 1. The van der Waals surface area contributed by atoms with Crippen LogP contribution in [0.15, 0.2) is 24.3 Å². The van der Waals surface area contributed by atoms with E-state index in [1.54, 1.807) is 0 Å². The normalized spacial score (nSPS) is 18.8. The average molecular weight is 263 g/mol. The molecule has 1 aromatic carbocycles. The van der Waals surface area contributed by atoms with E-state index < -0.39 is 12.1 Å². The number of aliphatic carboxylic acids is 1. The van der Waals surface area contributed by atoms with Crippen molar-refractivity contribution in [1.82, 2.24) is 4.90 Å². The van der Waals surface area contributed by atoms with Gasteiger partial charge in [0.1, 0.15) is 12.6 Å². The maximum Gasteiger partial charge on any atom is 0.411 e. The Labute approximate surface area is 111 Å². The van der Waals surface area contributed by atoms with Gasteiger partial charge in [0.2, 0.25) is 0 Å². The number of carboxylic acid groups (broad SMARTS) is 1. The van der Waals surface area contributed by atoms with E-state index in [1.807, 2.05) is 24.3 Å². The summed E-state index contributed by atoms with van der Waals surface area (Å²) < 4.78 is 5.18. The van der Waals surface area contributed by atoms with Crippen molar-refractivity contribution in [2.45, 2.75) is 25.9 Å². The summed E-state index contributed by atoms with van der Waals surface area (Å²) >= 11 is 0. The van der Waals surface area contributed by atoms with Gasteiger partial charge in [-0.3, -0.25) is 9.69 Å². The van der Waals surface area contributed by atoms with Crippen molar-refractivity contribution in [3.8, 4) is 0 Å². The summed E-state index contributed by atoms with van der Waals surface area (Å²) in [4.78, 5) is 23.3. The second-order valence-corrected chi connectivity index (χ2v) is 4.97. The van der Waals surface area contributed by atoms with Gasteiger partial charge in [-0.05, 0) is 17.0 Å². The lowest BCUT2D eigenvalue weighted by molar-refractivity contribution is -0.137. The van der Waals surface area contributed by atoms with E-state index in [1.165, 1.54) is 10.5 Å². The molecule has 1 aliphatic rings. The number of carboxylic acids is 1. The quantitative estimate of drug-likeness (QED) is 0.905. The van der Waals surface area contributed by atoms with Crippen molar-refractivity contribution in [1.29, 1.82) is 0 Å². The smallest absolute Gasteiger partial charge is 0.411 e. The van der Waals surface area contributed by atoms with Crippen LogP contribution in [-0.4, -0.2) is 35.2 Å². The molecule has 1 N–H and O–H groups in total. The zero-order valence-electron chi connectivity index (χ0n) is 11.0. The lowest BCUT2D eigenvalue weighted by Crippen LogP contribution is -2.30. The van der Waals surface area contributed by atoms with Crippen molar-refractivity contribution in [2.75, 3.05) is 13.1 Å². The van der Waals surface area contributed by atoms with Crippen molar-refractivity contribution in [3.05, 3.63) is 35.4 Å². The number of nitrogens with zero attached hydrogens (tertiary/aromatic N) is 1. The average Bonchev–Trinajstić information content (AvgIpc) is 2.70. The van der Waals surface area contributed by atoms with Gasteiger partial charge in [0.25, 0.3) is 0 Å². The fraction of sp³-hybridized carbons (Fsp3) is 0.429. The van der Waals surface area contributed by atoms with Gasteiger partial charge in [0, 0.05) is 0 Å². The van der Waals surface area contributed by atoms with Gasteiger partial charge in [-0.25, -0.2) is 4.79 Å². The molecule has 1 fully saturated rings. The summed E-state index contributed by atoms with van der Waals surface area (Å²) in [6.07, 6.45) is -0.951. The Kier molecular flexibility index (Phi) is 3.74. The molecule has 2 rings (SSSR count). The minimum absolute atomic E-state index is 0.284. The van der Waals surface area contributed by atoms with Gasteiger partial charge in [0.15, 0.2) is 0 Å². The molecular weight excluding hydrogens is 246 g/mol. The minimum Gasteiger partial charge on any atom is -0.480 e. The Hall–Kier alpha value is -2.04. The van der Waals surface area contributed by atoms with Gasteiger partial charge >= 0.3 is 12.1 Å². The van der Waals surface area contributed by atoms with E-state index in [-0.39, 0.29) is 19.2 Å². The van der Waals surface area contributed by atoms with Gasteiger partial charge in [-0.1, -0.05) is 38.1 Å². The van der Waals surface area contributed by atoms with Crippen molar-refractivity contribution in [2.24, 2.45) is 0 Å². The molecule has 0 aliphatic carbocycles. The number of carbonyl (C=O) groups is 2. The molecule has 0 radical (unpaired) electrons. The molecule has 0 spiro atoms. The summed E-state index contributed by atoms with van der Waals surface area (Å²) in [6.45, 7) is 4.18. The lowest BCUT2D eigenvalue weighted by atomic mass is 10.00. The maximum atomic E-state index is 11.5. The molecule has 1 atom stereocenters. The van der Waals surface area contributed by atoms with E-state index in [0.717, 1.165) is 5.56 Å². The van der Waals surface area contributed by atoms with E-state index in [9.17, 15) is 9.59 Å². The van der Waals surface area contributed by atoms with Crippen LogP contribution in [0.5, 0.6) is 0 Å². The number of carbonyl (C=O) groups excluding carboxylic acids is 1. The van der Waals surface area contributed by atoms with Crippen molar-refractivity contribution in [3.63, 3.8) is 0 Å². The van der Waals surface area contributed by atoms with Gasteiger partial charge in [0.05, 0.1) is 6.54 Å². The van der Waals surface area contributed by atoms with Crippen molar-refractivity contribution < 1.29 is 19.4 Å². The molecule has 19 heavy (non-hydrogen) atoms. The van der Waals surface area contributed by atoms with E-state index in [2.05, 4.69) is 13.8 Å². The van der Waals surface area contributed by atoms with Crippen molar-refractivity contribution >= 4 is 12.1 Å². The molecule has 5 heteroatoms. The first-order valence-corrected chi connectivity index (χ1v) is 6.24. The third kappa shape index (κ3) is 3.05. The van der Waals surface area contributed by atoms with Gasteiger partial charge in [-0.2, -0.15) is 0 Å². The highest BCUT2D eigenvalue weighted by atomic mass is 16.6. The van der Waals surface area contributed by atoms with Crippen LogP contribution in [-0.2, 0) is 9.53 Å². The molecule has 1 unspecified atom stereocenters. The molecule has 1 heterocycles. The third-order valence-corrected chi connectivity index (χ3v) is 3.19. The van der Waals surface area contributed by atoms with Crippen LogP contribution in [0.25, 0.3) is 0 Å². The molecular formula is C14H17NO4. The predicted molar refractivity (Wildman–Crippen MR) is 69.0 cm³/mol. The molecule has 0 saturated carbocycles. The van der Waals surface area contributed by atoms with Crippen LogP contribution in [0.2, 0.25) is 0 Å². The van der Waals surface area contributed by atoms with Crippen LogP contribution in [0, 0.1) is 0 Å². The van der Waals surface area contributed by atoms with Gasteiger partial charge in [-0.15, -0.1) is 0 Å². The lowest BCUT2D eigenvalue weighted by Gasteiger charge is -2.11. The van der Waals surface area contributed by atoms with Crippen LogP contribution < -0.4 is 0 Å². The first-order valence-electron chi connectivity index (χ1n) is 6.24. The fourth-order valence-corrected chi connectivity index (χ4v) is 2.07. The van der Waals surface area contributed by atoms with Crippen LogP contribution >= 0.6 is 0 Å². The first kappa shape index (κ1) is 13.4. The molecule has 1 amide bonds. The van der Waals surface area contributed by atoms with E-state index in [0.29, 0.717) is 5.92 Å². The molecule has 0 bridgehead atoms. The van der Waals surface area contributed by atoms with Crippen LogP contribution in [0.3, 0.4) is 0 Å². The number of benzene rings is 1. The number of hydrogen-bond donors (Lipinski definition) is 1. The largest absolute Gasteiger partial charge is 0.480 e. The number of cyclic esters (lactones) is 1. The molecule has 102 valence electrons. The second-order valence-electron chi connectivity index (χ2n) is 4.97. The Morgan fingerprint density at radius 1 is 1.42 bits per heavy atom. The summed E-state index contributed by atoms with van der Waals surface area (Å²) in [5, 5.41) is 8.70. The first-order chi connectivity index (χ1) is 8.97. The highest BCUT2D eigenvalue weighted by molar-refractivity contribution is 5.78. The second kappa shape index (κ2) is 5.30. The van der Waals surface area contributed by atoms with Crippen LogP contribution in [0.1, 0.15) is 37.0 Å². The fourth-order valence-electron chi connectivity index (χ4n) is 2.07. The van der Waals surface area contributed by atoms with E-state index >= 15 is 0 Å². The minimum atomic E-state index is -1.03. The summed E-state index contributed by atoms with van der Waals surface area (Å²) in [5.41, 5.74) is 2.11. The molecule has 1 aliphatic heterocycles. The molecule has 0 aromatic heterocycles. The molecule has 1 aromatic rings. The topological polar surface area (TPSA) is 66.8 Å². The summed E-state index contributed by atoms with van der Waals surface area (Å²) in [5.74, 6) is -0.587. The predicted octanol–water partition coefficient (Wildman–Crippen LogP) is 2.39. The van der Waals surface area contributed by atoms with Gasteiger partial charge < -0.3 is 9.84 Å². The number of rotatable bonds is 4. The van der Waals surface area contributed by atoms with Crippen LogP contribution in [0.4, 0.5) is 4.79 Å². The summed E-state index contributed by atoms with van der Waals surface area (Å²) in [6, 6.07) is 7.87. The standard InChI is InChI=1S/C14H17NO4/c1-9(2)10-3-5-11(6-4-10)12-7-15(8-13(16)17)14(18)19-12/h3-6,9,12H,7-8H2,1-2H3,(H,16,17). The Balaban J connectivity index is 2.07. The Morgan fingerprint density at radius 3 is 2.58 bits per heavy atom. The third-order valence-electron chi connectivity index (χ3n) is 3.19. The van der Waals surface area contributed by atoms with E-state index in [4.69, 9.17) is 9.84 Å². The highest BCUT2D eigenvalue weighted by Gasteiger charge is 2.33. The maximum absolute atomic E-state index is 11.5. The zero-order chi connectivity index (χ0) is 14.0.